The van der Waals surface area contributed by atoms with Crippen LogP contribution in [-0.2, 0) is 0 Å². The first-order chi connectivity index (χ1) is 7.81. The third-order valence-corrected chi connectivity index (χ3v) is 2.50. The molecule has 2 aromatic rings. The molecular formula is C13H13FN2. The van der Waals surface area contributed by atoms with Crippen LogP contribution >= 0.6 is 0 Å². The molecule has 1 atom stereocenters. The van der Waals surface area contributed by atoms with Gasteiger partial charge in [-0.25, -0.2) is 9.82 Å². The van der Waals surface area contributed by atoms with Gasteiger partial charge in [-0.1, -0.05) is 42.5 Å². The smallest absolute Gasteiger partial charge is 0.123 e. The Morgan fingerprint density at radius 1 is 0.875 bits per heavy atom. The third-order valence-electron chi connectivity index (χ3n) is 2.50. The van der Waals surface area contributed by atoms with Gasteiger partial charge in [0.15, 0.2) is 0 Å². The fourth-order valence-corrected chi connectivity index (χ4v) is 1.69. The van der Waals surface area contributed by atoms with E-state index in [-0.39, 0.29) is 11.9 Å². The number of halogens is 1. The van der Waals surface area contributed by atoms with Gasteiger partial charge in [0.2, 0.25) is 0 Å². The fourth-order valence-electron chi connectivity index (χ4n) is 1.69. The molecule has 0 aliphatic heterocycles. The second kappa shape index (κ2) is 4.88. The number of nitrogens with two attached hydrogens (primary N) is 1. The highest BCUT2D eigenvalue weighted by molar-refractivity contribution is 5.31. The quantitative estimate of drug-likeness (QED) is 0.610. The molecule has 0 heterocycles. The Labute approximate surface area is 93.9 Å². The van der Waals surface area contributed by atoms with Crippen molar-refractivity contribution in [3.63, 3.8) is 0 Å². The Hall–Kier alpha value is -1.71. The highest BCUT2D eigenvalue weighted by Crippen LogP contribution is 2.20. The van der Waals surface area contributed by atoms with Crippen LogP contribution in [0.2, 0.25) is 0 Å². The lowest BCUT2D eigenvalue weighted by atomic mass is 9.99. The van der Waals surface area contributed by atoms with Crippen LogP contribution in [0.25, 0.3) is 0 Å². The zero-order valence-corrected chi connectivity index (χ0v) is 8.73. The van der Waals surface area contributed by atoms with Crippen LogP contribution in [0.5, 0.6) is 0 Å². The second-order valence-electron chi connectivity index (χ2n) is 3.56. The number of nitrogens with one attached hydrogen (secondary N) is 1. The summed E-state index contributed by atoms with van der Waals surface area (Å²) in [4.78, 5) is 0. The van der Waals surface area contributed by atoms with E-state index in [9.17, 15) is 4.39 Å². The van der Waals surface area contributed by atoms with Gasteiger partial charge in [0.25, 0.3) is 0 Å². The van der Waals surface area contributed by atoms with Crippen LogP contribution in [-0.4, -0.2) is 0 Å². The van der Waals surface area contributed by atoms with Gasteiger partial charge in [-0.2, -0.15) is 0 Å². The van der Waals surface area contributed by atoms with Crippen LogP contribution in [0.15, 0.2) is 54.6 Å². The van der Waals surface area contributed by atoms with Crippen LogP contribution in [0.3, 0.4) is 0 Å². The summed E-state index contributed by atoms with van der Waals surface area (Å²) in [6, 6.07) is 16.0. The Kier molecular flexibility index (Phi) is 3.29. The fraction of sp³-hybridized carbons (Fsp3) is 0.0769. The lowest BCUT2D eigenvalue weighted by Gasteiger charge is -2.16. The average molecular weight is 216 g/mol. The summed E-state index contributed by atoms with van der Waals surface area (Å²) in [5, 5.41) is 0. The van der Waals surface area contributed by atoms with Crippen molar-refractivity contribution < 1.29 is 4.39 Å². The molecule has 0 spiro atoms. The standard InChI is InChI=1S/C13H13FN2/c14-12-8-6-11(7-9-12)13(16-15)10-4-2-1-3-5-10/h1-9,13,16H,15H2. The van der Waals surface area contributed by atoms with Gasteiger partial charge >= 0.3 is 0 Å². The molecule has 1 unspecified atom stereocenters. The first-order valence-electron chi connectivity index (χ1n) is 5.08. The monoisotopic (exact) mass is 216 g/mol. The first-order valence-corrected chi connectivity index (χ1v) is 5.08. The predicted octanol–water partition coefficient (Wildman–Crippen LogP) is 2.38. The van der Waals surface area contributed by atoms with E-state index in [1.54, 1.807) is 12.1 Å². The molecule has 0 aromatic heterocycles. The molecule has 2 rings (SSSR count). The van der Waals surface area contributed by atoms with Crippen LogP contribution in [0.4, 0.5) is 4.39 Å². The Morgan fingerprint density at radius 3 is 2.00 bits per heavy atom. The van der Waals surface area contributed by atoms with E-state index in [2.05, 4.69) is 5.43 Å². The second-order valence-corrected chi connectivity index (χ2v) is 3.56. The molecule has 0 aliphatic carbocycles. The third kappa shape index (κ3) is 2.27. The Morgan fingerprint density at radius 2 is 1.44 bits per heavy atom. The van der Waals surface area contributed by atoms with E-state index < -0.39 is 0 Å². The first kappa shape index (κ1) is 10.8. The maximum Gasteiger partial charge on any atom is 0.123 e. The lowest BCUT2D eigenvalue weighted by Crippen LogP contribution is -2.28. The topological polar surface area (TPSA) is 38.0 Å². The van der Waals surface area contributed by atoms with E-state index in [1.165, 1.54) is 12.1 Å². The zero-order chi connectivity index (χ0) is 11.4. The maximum atomic E-state index is 12.8. The number of benzene rings is 2. The SMILES string of the molecule is NNC(c1ccccc1)c1ccc(F)cc1. The number of hydrogen-bond acceptors (Lipinski definition) is 2. The normalized spacial score (nSPS) is 12.4. The van der Waals surface area contributed by atoms with Gasteiger partial charge < -0.3 is 0 Å². The summed E-state index contributed by atoms with van der Waals surface area (Å²) in [7, 11) is 0. The summed E-state index contributed by atoms with van der Waals surface area (Å²) >= 11 is 0. The molecule has 2 nitrogen and oxygen atoms in total. The number of hydrazine groups is 1. The van der Waals surface area contributed by atoms with E-state index in [0.29, 0.717) is 0 Å². The van der Waals surface area contributed by atoms with E-state index >= 15 is 0 Å². The van der Waals surface area contributed by atoms with Crippen molar-refractivity contribution in [3.05, 3.63) is 71.5 Å². The minimum atomic E-state index is -0.243. The van der Waals surface area contributed by atoms with Gasteiger partial charge in [-0.15, -0.1) is 0 Å². The van der Waals surface area contributed by atoms with Crippen molar-refractivity contribution in [2.24, 2.45) is 5.84 Å². The molecular weight excluding hydrogens is 203 g/mol. The molecule has 0 saturated carbocycles. The van der Waals surface area contributed by atoms with E-state index in [1.807, 2.05) is 30.3 Å². The van der Waals surface area contributed by atoms with Gasteiger partial charge in [0, 0.05) is 0 Å². The summed E-state index contributed by atoms with van der Waals surface area (Å²) < 4.78 is 12.8. The minimum absolute atomic E-state index is 0.109. The van der Waals surface area contributed by atoms with Crippen LogP contribution in [0.1, 0.15) is 17.2 Å². The number of hydrogen-bond donors (Lipinski definition) is 2. The van der Waals surface area contributed by atoms with Gasteiger partial charge in [-0.05, 0) is 23.3 Å². The summed E-state index contributed by atoms with van der Waals surface area (Å²) in [5.41, 5.74) is 4.72. The lowest BCUT2D eigenvalue weighted by molar-refractivity contribution is 0.615. The molecule has 16 heavy (non-hydrogen) atoms. The molecule has 0 amide bonds. The van der Waals surface area contributed by atoms with Crippen molar-refractivity contribution in [1.29, 1.82) is 0 Å². The van der Waals surface area contributed by atoms with E-state index in [0.717, 1.165) is 11.1 Å². The Bertz CT molecular complexity index is 439. The van der Waals surface area contributed by atoms with E-state index in [4.69, 9.17) is 5.84 Å². The average Bonchev–Trinajstić information content (AvgIpc) is 2.34. The molecule has 3 N–H and O–H groups in total. The minimum Gasteiger partial charge on any atom is -0.271 e. The predicted molar refractivity (Wildman–Crippen MR) is 62.0 cm³/mol. The molecule has 0 radical (unpaired) electrons. The highest BCUT2D eigenvalue weighted by Gasteiger charge is 2.11. The molecule has 0 saturated heterocycles. The van der Waals surface area contributed by atoms with Crippen molar-refractivity contribution in [2.75, 3.05) is 0 Å². The highest BCUT2D eigenvalue weighted by atomic mass is 19.1. The summed E-state index contributed by atoms with van der Waals surface area (Å²) in [6.45, 7) is 0. The van der Waals surface area contributed by atoms with Crippen LogP contribution < -0.4 is 11.3 Å². The van der Waals surface area contributed by atoms with Crippen molar-refractivity contribution in [2.45, 2.75) is 6.04 Å². The number of rotatable bonds is 3. The molecule has 0 bridgehead atoms. The zero-order valence-electron chi connectivity index (χ0n) is 8.73. The largest absolute Gasteiger partial charge is 0.271 e. The van der Waals surface area contributed by atoms with Gasteiger partial charge in [0.1, 0.15) is 5.82 Å². The van der Waals surface area contributed by atoms with Crippen molar-refractivity contribution >= 4 is 0 Å². The van der Waals surface area contributed by atoms with Gasteiger partial charge in [0.05, 0.1) is 6.04 Å². The van der Waals surface area contributed by atoms with Gasteiger partial charge in [-0.3, -0.25) is 5.84 Å². The molecule has 3 heteroatoms. The summed E-state index contributed by atoms with van der Waals surface area (Å²) in [6.07, 6.45) is 0. The molecule has 2 aromatic carbocycles. The maximum absolute atomic E-state index is 12.8. The van der Waals surface area contributed by atoms with Crippen molar-refractivity contribution in [1.82, 2.24) is 5.43 Å². The van der Waals surface area contributed by atoms with Crippen LogP contribution in [0, 0.1) is 5.82 Å². The molecule has 82 valence electrons. The molecule has 0 fully saturated rings. The van der Waals surface area contributed by atoms with Crippen molar-refractivity contribution in [3.8, 4) is 0 Å². The molecule has 0 aliphatic rings. The summed E-state index contributed by atoms with van der Waals surface area (Å²) in [5.74, 6) is 5.29. The Balaban J connectivity index is 2.33.